The van der Waals surface area contributed by atoms with Crippen molar-refractivity contribution in [3.63, 3.8) is 0 Å². The number of hydrogen-bond donors (Lipinski definition) is 1. The van der Waals surface area contributed by atoms with Crippen LogP contribution in [0.15, 0.2) is 72.8 Å². The minimum atomic E-state index is -0.160. The number of fused-ring (bicyclic) bond motifs is 1. The number of benzene rings is 3. The Balaban J connectivity index is 1.58. The molecular weight excluding hydrogens is 386 g/mol. The summed E-state index contributed by atoms with van der Waals surface area (Å²) in [5.74, 6) is 1.33. The number of rotatable bonds is 6. The quantitative estimate of drug-likeness (QED) is 0.478. The zero-order valence-electron chi connectivity index (χ0n) is 15.9. The number of nitrogens with zero attached hydrogens (tertiary/aromatic N) is 2. The van der Waals surface area contributed by atoms with Crippen LogP contribution in [0.3, 0.4) is 0 Å². The molecule has 0 unspecified atom stereocenters. The van der Waals surface area contributed by atoms with Crippen LogP contribution < -0.4 is 10.1 Å². The molecule has 146 valence electrons. The minimum Gasteiger partial charge on any atom is -0.485 e. The normalized spacial score (nSPS) is 10.8. The van der Waals surface area contributed by atoms with E-state index in [1.54, 1.807) is 24.3 Å². The number of imidazole rings is 1. The highest BCUT2D eigenvalue weighted by atomic mass is 35.5. The van der Waals surface area contributed by atoms with Gasteiger partial charge in [-0.25, -0.2) is 4.98 Å². The third-order valence-electron chi connectivity index (χ3n) is 4.59. The molecule has 0 aliphatic heterocycles. The number of aryl methyl sites for hydroxylation is 1. The van der Waals surface area contributed by atoms with Crippen LogP contribution in [0.1, 0.15) is 11.4 Å². The molecule has 0 radical (unpaired) electrons. The van der Waals surface area contributed by atoms with Gasteiger partial charge in [-0.3, -0.25) is 4.79 Å². The Bertz CT molecular complexity index is 1170. The van der Waals surface area contributed by atoms with Gasteiger partial charge in [0, 0.05) is 10.7 Å². The maximum absolute atomic E-state index is 12.7. The molecule has 0 saturated heterocycles. The van der Waals surface area contributed by atoms with E-state index in [1.165, 1.54) is 0 Å². The third-order valence-corrected chi connectivity index (χ3v) is 4.83. The largest absolute Gasteiger partial charge is 0.485 e. The molecule has 1 heterocycles. The van der Waals surface area contributed by atoms with Gasteiger partial charge in [0.1, 0.15) is 24.7 Å². The van der Waals surface area contributed by atoms with Gasteiger partial charge in [0.2, 0.25) is 5.91 Å². The fraction of sp³-hybridized carbons (Fsp3) is 0.130. The minimum absolute atomic E-state index is 0.124. The number of anilines is 1. The van der Waals surface area contributed by atoms with Gasteiger partial charge in [0.25, 0.3) is 0 Å². The van der Waals surface area contributed by atoms with Crippen molar-refractivity contribution in [3.05, 3.63) is 89.2 Å². The lowest BCUT2D eigenvalue weighted by molar-refractivity contribution is -0.116. The zero-order chi connectivity index (χ0) is 20.2. The van der Waals surface area contributed by atoms with E-state index in [9.17, 15) is 4.79 Å². The van der Waals surface area contributed by atoms with Crippen LogP contribution in [0.5, 0.6) is 5.75 Å². The monoisotopic (exact) mass is 405 g/mol. The van der Waals surface area contributed by atoms with Crippen LogP contribution in [0.2, 0.25) is 5.02 Å². The molecule has 0 fully saturated rings. The van der Waals surface area contributed by atoms with Crippen LogP contribution in [0.25, 0.3) is 11.0 Å². The van der Waals surface area contributed by atoms with Gasteiger partial charge in [-0.1, -0.05) is 48.0 Å². The van der Waals surface area contributed by atoms with E-state index in [2.05, 4.69) is 10.3 Å². The second kappa shape index (κ2) is 8.37. The number of nitrogens with one attached hydrogen (secondary N) is 1. The zero-order valence-corrected chi connectivity index (χ0v) is 16.7. The molecule has 4 aromatic rings. The van der Waals surface area contributed by atoms with Crippen molar-refractivity contribution >= 4 is 34.2 Å². The SMILES string of the molecule is Cc1ccccc1OCc1nc2ccccc2n1CC(=O)Nc1cccc(Cl)c1. The maximum atomic E-state index is 12.7. The molecule has 0 atom stereocenters. The summed E-state index contributed by atoms with van der Waals surface area (Å²) in [6.07, 6.45) is 0. The average molecular weight is 406 g/mol. The Morgan fingerprint density at radius 2 is 1.86 bits per heavy atom. The Morgan fingerprint density at radius 3 is 2.69 bits per heavy atom. The highest BCUT2D eigenvalue weighted by Gasteiger charge is 2.15. The van der Waals surface area contributed by atoms with Crippen molar-refractivity contribution in [1.29, 1.82) is 0 Å². The van der Waals surface area contributed by atoms with E-state index < -0.39 is 0 Å². The topological polar surface area (TPSA) is 56.2 Å². The predicted octanol–water partition coefficient (Wildman–Crippen LogP) is 5.22. The molecule has 3 aromatic carbocycles. The van der Waals surface area contributed by atoms with Crippen molar-refractivity contribution in [2.24, 2.45) is 0 Å². The average Bonchev–Trinajstić information content (AvgIpc) is 3.05. The fourth-order valence-corrected chi connectivity index (χ4v) is 3.37. The lowest BCUT2D eigenvalue weighted by atomic mass is 10.2. The number of halogens is 1. The Labute approximate surface area is 173 Å². The van der Waals surface area contributed by atoms with E-state index in [0.29, 0.717) is 16.5 Å². The number of carbonyl (C=O) groups is 1. The molecule has 0 saturated carbocycles. The molecule has 0 spiro atoms. The van der Waals surface area contributed by atoms with Crippen molar-refractivity contribution in [3.8, 4) is 5.75 Å². The van der Waals surface area contributed by atoms with Gasteiger partial charge in [0.15, 0.2) is 0 Å². The maximum Gasteiger partial charge on any atom is 0.244 e. The van der Waals surface area contributed by atoms with E-state index in [1.807, 2.05) is 60.0 Å². The lowest BCUT2D eigenvalue weighted by Gasteiger charge is -2.12. The summed E-state index contributed by atoms with van der Waals surface area (Å²) in [4.78, 5) is 17.3. The number of ether oxygens (including phenoxy) is 1. The van der Waals surface area contributed by atoms with Crippen LogP contribution in [-0.2, 0) is 17.9 Å². The molecule has 1 amide bonds. The van der Waals surface area contributed by atoms with Crippen LogP contribution >= 0.6 is 11.6 Å². The molecule has 5 nitrogen and oxygen atoms in total. The Morgan fingerprint density at radius 1 is 1.07 bits per heavy atom. The number of aromatic nitrogens is 2. The number of carbonyl (C=O) groups excluding carboxylic acids is 1. The molecule has 4 rings (SSSR count). The molecular formula is C23H20ClN3O2. The molecule has 29 heavy (non-hydrogen) atoms. The number of para-hydroxylation sites is 3. The lowest BCUT2D eigenvalue weighted by Crippen LogP contribution is -2.20. The van der Waals surface area contributed by atoms with E-state index in [-0.39, 0.29) is 19.1 Å². The van der Waals surface area contributed by atoms with Gasteiger partial charge in [-0.2, -0.15) is 0 Å². The summed E-state index contributed by atoms with van der Waals surface area (Å²) >= 11 is 6.00. The smallest absolute Gasteiger partial charge is 0.244 e. The first kappa shape index (κ1) is 19.0. The van der Waals surface area contributed by atoms with Gasteiger partial charge < -0.3 is 14.6 Å². The Kier molecular flexibility index (Phi) is 5.49. The highest BCUT2D eigenvalue weighted by Crippen LogP contribution is 2.21. The molecule has 1 aromatic heterocycles. The second-order valence-corrected chi connectivity index (χ2v) is 7.15. The van der Waals surface area contributed by atoms with E-state index >= 15 is 0 Å². The number of hydrogen-bond acceptors (Lipinski definition) is 3. The second-order valence-electron chi connectivity index (χ2n) is 6.72. The first-order valence-corrected chi connectivity index (χ1v) is 9.66. The summed E-state index contributed by atoms with van der Waals surface area (Å²) in [6, 6.07) is 22.6. The van der Waals surface area contributed by atoms with Crippen LogP contribution in [0.4, 0.5) is 5.69 Å². The van der Waals surface area contributed by atoms with Crippen LogP contribution in [-0.4, -0.2) is 15.5 Å². The van der Waals surface area contributed by atoms with Crippen molar-refractivity contribution in [2.75, 3.05) is 5.32 Å². The summed E-state index contributed by atoms with van der Waals surface area (Å²) in [7, 11) is 0. The van der Waals surface area contributed by atoms with Crippen molar-refractivity contribution in [1.82, 2.24) is 9.55 Å². The first-order chi connectivity index (χ1) is 14.1. The predicted molar refractivity (Wildman–Crippen MR) is 115 cm³/mol. The third kappa shape index (κ3) is 4.41. The molecule has 6 heteroatoms. The Hall–Kier alpha value is -3.31. The van der Waals surface area contributed by atoms with E-state index in [4.69, 9.17) is 16.3 Å². The summed E-state index contributed by atoms with van der Waals surface area (Å²) in [6.45, 7) is 2.39. The van der Waals surface area contributed by atoms with Crippen LogP contribution in [0, 0.1) is 6.92 Å². The molecule has 0 aliphatic carbocycles. The van der Waals surface area contributed by atoms with Gasteiger partial charge in [-0.15, -0.1) is 0 Å². The standard InChI is InChI=1S/C23H20ClN3O2/c1-16-7-2-5-12-21(16)29-15-22-26-19-10-3-4-11-20(19)27(22)14-23(28)25-18-9-6-8-17(24)13-18/h2-13H,14-15H2,1H3,(H,25,28). The molecule has 0 aliphatic rings. The summed E-state index contributed by atoms with van der Waals surface area (Å²) < 4.78 is 7.86. The fourth-order valence-electron chi connectivity index (χ4n) is 3.18. The number of amides is 1. The first-order valence-electron chi connectivity index (χ1n) is 9.28. The molecule has 0 bridgehead atoms. The summed E-state index contributed by atoms with van der Waals surface area (Å²) in [5, 5.41) is 3.46. The molecule has 1 N–H and O–H groups in total. The van der Waals surface area contributed by atoms with E-state index in [0.717, 1.165) is 22.3 Å². The van der Waals surface area contributed by atoms with Gasteiger partial charge >= 0.3 is 0 Å². The van der Waals surface area contributed by atoms with Gasteiger partial charge in [-0.05, 0) is 48.9 Å². The highest BCUT2D eigenvalue weighted by molar-refractivity contribution is 6.30. The van der Waals surface area contributed by atoms with Crippen molar-refractivity contribution < 1.29 is 9.53 Å². The van der Waals surface area contributed by atoms with Gasteiger partial charge in [0.05, 0.1) is 11.0 Å². The summed E-state index contributed by atoms with van der Waals surface area (Å²) in [5.41, 5.74) is 3.42. The van der Waals surface area contributed by atoms with Crippen molar-refractivity contribution in [2.45, 2.75) is 20.1 Å².